The number of rotatable bonds is 4. The Morgan fingerprint density at radius 2 is 1.85 bits per heavy atom. The lowest BCUT2D eigenvalue weighted by atomic mass is 10.0. The summed E-state index contributed by atoms with van der Waals surface area (Å²) in [5.74, 6) is 2.35. The number of hydrogen-bond acceptors (Lipinski definition) is 7. The zero-order valence-electron chi connectivity index (χ0n) is 18.6. The van der Waals surface area contributed by atoms with Gasteiger partial charge in [0, 0.05) is 50.2 Å². The lowest BCUT2D eigenvalue weighted by molar-refractivity contribution is -0.128. The molecule has 1 aliphatic heterocycles. The second-order valence-electron chi connectivity index (χ2n) is 8.98. The van der Waals surface area contributed by atoms with E-state index in [-0.39, 0.29) is 5.91 Å². The molecule has 0 bridgehead atoms. The third-order valence-electron chi connectivity index (χ3n) is 6.98. The Morgan fingerprint density at radius 3 is 2.58 bits per heavy atom. The average molecular weight is 444 g/mol. The molecule has 4 aromatic rings. The number of amides is 1. The summed E-state index contributed by atoms with van der Waals surface area (Å²) in [5.41, 5.74) is 4.49. The fraction of sp³-hybridized carbons (Fsp3) is 0.375. The third kappa shape index (κ3) is 3.44. The van der Waals surface area contributed by atoms with Crippen molar-refractivity contribution in [3.05, 3.63) is 42.9 Å². The summed E-state index contributed by atoms with van der Waals surface area (Å²) in [6.07, 6.45) is 7.36. The van der Waals surface area contributed by atoms with Gasteiger partial charge >= 0.3 is 0 Å². The number of fused-ring (bicyclic) bond motifs is 3. The molecule has 3 atom stereocenters. The van der Waals surface area contributed by atoms with Crippen LogP contribution in [0.2, 0.25) is 0 Å². The topological polar surface area (TPSA) is 97.5 Å². The SMILES string of the molecule is COc1nc(N[C@@H]2C[C@@H]3CN(C(C)=O)C[C@@H]3C2)nn2ccc(-c3ccc4nccnc4c3)c12. The summed E-state index contributed by atoms with van der Waals surface area (Å²) < 4.78 is 7.49. The van der Waals surface area contributed by atoms with Crippen molar-refractivity contribution in [1.29, 1.82) is 0 Å². The number of anilines is 1. The van der Waals surface area contributed by atoms with Gasteiger partial charge in [0.15, 0.2) is 0 Å². The zero-order chi connectivity index (χ0) is 22.5. The maximum Gasteiger partial charge on any atom is 0.244 e. The Bertz CT molecular complexity index is 1350. The molecule has 0 spiro atoms. The van der Waals surface area contributed by atoms with Gasteiger partial charge in [-0.05, 0) is 48.4 Å². The van der Waals surface area contributed by atoms with Gasteiger partial charge in [-0.2, -0.15) is 4.98 Å². The van der Waals surface area contributed by atoms with Gasteiger partial charge in [-0.25, -0.2) is 4.52 Å². The van der Waals surface area contributed by atoms with Crippen LogP contribution in [0.15, 0.2) is 42.9 Å². The van der Waals surface area contributed by atoms with Crippen LogP contribution in [0.3, 0.4) is 0 Å². The predicted octanol–water partition coefficient (Wildman–Crippen LogP) is 3.02. The highest BCUT2D eigenvalue weighted by molar-refractivity contribution is 5.89. The summed E-state index contributed by atoms with van der Waals surface area (Å²) in [6.45, 7) is 3.37. The highest BCUT2D eigenvalue weighted by Gasteiger charge is 2.41. The molecule has 0 unspecified atom stereocenters. The van der Waals surface area contributed by atoms with Gasteiger partial charge in [-0.15, -0.1) is 5.10 Å². The molecule has 2 fully saturated rings. The van der Waals surface area contributed by atoms with Crippen LogP contribution in [-0.4, -0.2) is 61.6 Å². The molecule has 1 N–H and O–H groups in total. The van der Waals surface area contributed by atoms with E-state index in [1.54, 1.807) is 26.4 Å². The average Bonchev–Trinajstić information content (AvgIpc) is 3.51. The molecule has 33 heavy (non-hydrogen) atoms. The van der Waals surface area contributed by atoms with E-state index < -0.39 is 0 Å². The van der Waals surface area contributed by atoms with Crippen molar-refractivity contribution in [2.45, 2.75) is 25.8 Å². The summed E-state index contributed by atoms with van der Waals surface area (Å²) in [5, 5.41) is 8.22. The monoisotopic (exact) mass is 443 g/mol. The van der Waals surface area contributed by atoms with E-state index in [0.29, 0.717) is 29.7 Å². The van der Waals surface area contributed by atoms with Gasteiger partial charge in [0.05, 0.1) is 18.1 Å². The number of carbonyl (C=O) groups is 1. The fourth-order valence-corrected chi connectivity index (χ4v) is 5.42. The van der Waals surface area contributed by atoms with Crippen molar-refractivity contribution in [1.82, 2.24) is 29.5 Å². The Morgan fingerprint density at radius 1 is 1.09 bits per heavy atom. The number of likely N-dealkylation sites (tertiary alicyclic amines) is 1. The van der Waals surface area contributed by atoms with Gasteiger partial charge in [-0.3, -0.25) is 14.8 Å². The maximum atomic E-state index is 11.7. The predicted molar refractivity (Wildman–Crippen MR) is 124 cm³/mol. The highest BCUT2D eigenvalue weighted by Crippen LogP contribution is 2.39. The molecule has 6 rings (SSSR count). The van der Waals surface area contributed by atoms with E-state index in [1.807, 2.05) is 39.9 Å². The molecule has 1 amide bonds. The third-order valence-corrected chi connectivity index (χ3v) is 6.98. The van der Waals surface area contributed by atoms with Crippen molar-refractivity contribution in [3.8, 4) is 17.0 Å². The largest absolute Gasteiger partial charge is 0.479 e. The first-order chi connectivity index (χ1) is 16.1. The lowest BCUT2D eigenvalue weighted by Gasteiger charge is -2.18. The van der Waals surface area contributed by atoms with E-state index in [1.165, 1.54) is 0 Å². The molecule has 168 valence electrons. The quantitative estimate of drug-likeness (QED) is 0.518. The van der Waals surface area contributed by atoms with E-state index in [4.69, 9.17) is 9.84 Å². The molecule has 1 aromatic carbocycles. The Labute approximate surface area is 190 Å². The molecule has 4 heterocycles. The number of carbonyl (C=O) groups excluding carboxylic acids is 1. The summed E-state index contributed by atoms with van der Waals surface area (Å²) in [7, 11) is 1.63. The Hall–Kier alpha value is -3.75. The fourth-order valence-electron chi connectivity index (χ4n) is 5.42. The van der Waals surface area contributed by atoms with Crippen LogP contribution in [0.5, 0.6) is 5.88 Å². The van der Waals surface area contributed by atoms with Crippen molar-refractivity contribution < 1.29 is 9.53 Å². The van der Waals surface area contributed by atoms with Crippen LogP contribution in [-0.2, 0) is 4.79 Å². The molecule has 9 heteroatoms. The van der Waals surface area contributed by atoms with E-state index in [9.17, 15) is 4.79 Å². The van der Waals surface area contributed by atoms with Crippen LogP contribution in [0.25, 0.3) is 27.7 Å². The standard InChI is InChI=1S/C24H25N7O2/c1-14(32)30-12-16-9-18(10-17(16)13-30)27-24-28-23(33-2)22-19(5-8-31(22)29-24)15-3-4-20-21(11-15)26-7-6-25-20/h3-8,11,16-18H,9-10,12-13H2,1-2H3,(H,27,29)/t16-,17+,18-. The lowest BCUT2D eigenvalue weighted by Crippen LogP contribution is -2.29. The molecular formula is C24H25N7O2. The molecule has 1 saturated heterocycles. The normalized spacial score (nSPS) is 22.1. The Balaban J connectivity index is 1.28. The van der Waals surface area contributed by atoms with Crippen molar-refractivity contribution >= 4 is 28.4 Å². The van der Waals surface area contributed by atoms with Gasteiger partial charge in [0.25, 0.3) is 0 Å². The minimum absolute atomic E-state index is 0.175. The maximum absolute atomic E-state index is 11.7. The van der Waals surface area contributed by atoms with Gasteiger partial charge in [0.2, 0.25) is 17.7 Å². The van der Waals surface area contributed by atoms with E-state index in [0.717, 1.165) is 53.6 Å². The van der Waals surface area contributed by atoms with E-state index in [2.05, 4.69) is 20.3 Å². The summed E-state index contributed by atoms with van der Waals surface area (Å²) >= 11 is 0. The number of ether oxygens (including phenoxy) is 1. The number of hydrogen-bond donors (Lipinski definition) is 1. The van der Waals surface area contributed by atoms with Crippen molar-refractivity contribution in [2.75, 3.05) is 25.5 Å². The minimum atomic E-state index is 0.175. The number of aromatic nitrogens is 5. The van der Waals surface area contributed by atoms with Crippen LogP contribution in [0, 0.1) is 11.8 Å². The summed E-state index contributed by atoms with van der Waals surface area (Å²) in [6, 6.07) is 8.33. The highest BCUT2D eigenvalue weighted by atomic mass is 16.5. The number of nitrogens with zero attached hydrogens (tertiary/aromatic N) is 6. The smallest absolute Gasteiger partial charge is 0.244 e. The molecule has 0 radical (unpaired) electrons. The second-order valence-corrected chi connectivity index (χ2v) is 8.98. The first-order valence-electron chi connectivity index (χ1n) is 11.3. The first kappa shape index (κ1) is 19.9. The van der Waals surface area contributed by atoms with Gasteiger partial charge < -0.3 is 15.0 Å². The number of methoxy groups -OCH3 is 1. The van der Waals surface area contributed by atoms with Gasteiger partial charge in [0.1, 0.15) is 5.52 Å². The second kappa shape index (κ2) is 7.68. The van der Waals surface area contributed by atoms with Crippen molar-refractivity contribution in [2.24, 2.45) is 11.8 Å². The molecule has 9 nitrogen and oxygen atoms in total. The minimum Gasteiger partial charge on any atom is -0.479 e. The van der Waals surface area contributed by atoms with Crippen LogP contribution >= 0.6 is 0 Å². The molecule has 1 aliphatic carbocycles. The first-order valence-corrected chi connectivity index (χ1v) is 11.3. The van der Waals surface area contributed by atoms with Gasteiger partial charge in [-0.1, -0.05) is 6.07 Å². The molecule has 3 aromatic heterocycles. The van der Waals surface area contributed by atoms with Crippen LogP contribution < -0.4 is 10.1 Å². The van der Waals surface area contributed by atoms with Crippen molar-refractivity contribution in [3.63, 3.8) is 0 Å². The number of benzene rings is 1. The molecular weight excluding hydrogens is 418 g/mol. The zero-order valence-corrected chi connectivity index (χ0v) is 18.6. The Kier molecular flexibility index (Phi) is 4.63. The molecule has 1 saturated carbocycles. The number of nitrogens with one attached hydrogen (secondary N) is 1. The summed E-state index contributed by atoms with van der Waals surface area (Å²) in [4.78, 5) is 27.1. The molecule has 2 aliphatic rings. The van der Waals surface area contributed by atoms with Crippen LogP contribution in [0.4, 0.5) is 5.95 Å². The van der Waals surface area contributed by atoms with Crippen LogP contribution in [0.1, 0.15) is 19.8 Å². The van der Waals surface area contributed by atoms with E-state index >= 15 is 0 Å².